The van der Waals surface area contributed by atoms with Crippen molar-refractivity contribution in [3.63, 3.8) is 0 Å². The fourth-order valence-electron chi connectivity index (χ4n) is 2.45. The molecule has 2 rings (SSSR count). The molecule has 0 atom stereocenters. The van der Waals surface area contributed by atoms with E-state index in [0.29, 0.717) is 18.8 Å². The molecular formula is C16H22N4O4. The van der Waals surface area contributed by atoms with Crippen LogP contribution in [0.15, 0.2) is 32.4 Å². The number of nitrogens with two attached hydrogens (primary N) is 1. The lowest BCUT2D eigenvalue weighted by Crippen LogP contribution is -2.39. The second kappa shape index (κ2) is 7.31. The maximum atomic E-state index is 12.5. The van der Waals surface area contributed by atoms with Gasteiger partial charge in [-0.15, -0.1) is 0 Å². The number of ketones is 1. The van der Waals surface area contributed by atoms with Crippen LogP contribution in [0.25, 0.3) is 0 Å². The van der Waals surface area contributed by atoms with Gasteiger partial charge in [-0.25, -0.2) is 4.79 Å². The summed E-state index contributed by atoms with van der Waals surface area (Å²) in [6, 6.07) is 3.56. The van der Waals surface area contributed by atoms with Gasteiger partial charge >= 0.3 is 5.69 Å². The Bertz CT molecular complexity index is 818. The van der Waals surface area contributed by atoms with Crippen molar-refractivity contribution in [1.82, 2.24) is 14.5 Å². The van der Waals surface area contributed by atoms with E-state index in [1.807, 2.05) is 13.8 Å². The Kier molecular flexibility index (Phi) is 5.40. The van der Waals surface area contributed by atoms with Crippen molar-refractivity contribution in [2.45, 2.75) is 26.9 Å². The van der Waals surface area contributed by atoms with Gasteiger partial charge < -0.3 is 10.2 Å². The Morgan fingerprint density at radius 1 is 1.42 bits per heavy atom. The Balaban J connectivity index is 2.25. The SMILES string of the molecule is CC(C)Cn1c(N)c(C(=O)CN(C)Cc2ccco2)c(=O)[nH]c1=O. The molecule has 0 bridgehead atoms. The number of nitrogens with one attached hydrogen (secondary N) is 1. The summed E-state index contributed by atoms with van der Waals surface area (Å²) in [6.07, 6.45) is 1.55. The van der Waals surface area contributed by atoms with Crippen LogP contribution in [-0.4, -0.2) is 33.8 Å². The number of carbonyl (C=O) groups is 1. The van der Waals surface area contributed by atoms with Crippen molar-refractivity contribution in [3.8, 4) is 0 Å². The van der Waals surface area contributed by atoms with Gasteiger partial charge in [0.05, 0.1) is 19.4 Å². The van der Waals surface area contributed by atoms with Gasteiger partial charge in [0.15, 0.2) is 5.78 Å². The molecule has 0 aliphatic rings. The Hall–Kier alpha value is -2.61. The normalized spacial score (nSPS) is 11.4. The van der Waals surface area contributed by atoms with Crippen molar-refractivity contribution in [1.29, 1.82) is 0 Å². The van der Waals surface area contributed by atoms with Gasteiger partial charge in [0.1, 0.15) is 17.1 Å². The zero-order valence-electron chi connectivity index (χ0n) is 14.0. The summed E-state index contributed by atoms with van der Waals surface area (Å²) in [7, 11) is 1.73. The summed E-state index contributed by atoms with van der Waals surface area (Å²) < 4.78 is 6.45. The highest BCUT2D eigenvalue weighted by molar-refractivity contribution is 6.01. The number of hydrogen-bond acceptors (Lipinski definition) is 6. The van der Waals surface area contributed by atoms with Crippen LogP contribution in [0.3, 0.4) is 0 Å². The summed E-state index contributed by atoms with van der Waals surface area (Å²) in [6.45, 7) is 4.55. The van der Waals surface area contributed by atoms with Crippen LogP contribution < -0.4 is 17.0 Å². The highest BCUT2D eigenvalue weighted by atomic mass is 16.3. The van der Waals surface area contributed by atoms with E-state index in [0.717, 1.165) is 0 Å². The molecule has 2 aromatic heterocycles. The number of rotatable bonds is 7. The summed E-state index contributed by atoms with van der Waals surface area (Å²) in [5, 5.41) is 0. The first-order valence-electron chi connectivity index (χ1n) is 7.66. The van der Waals surface area contributed by atoms with Gasteiger partial charge in [0, 0.05) is 6.54 Å². The van der Waals surface area contributed by atoms with Crippen LogP contribution in [-0.2, 0) is 13.1 Å². The van der Waals surface area contributed by atoms with Crippen LogP contribution in [0, 0.1) is 5.92 Å². The van der Waals surface area contributed by atoms with Crippen LogP contribution in [0.2, 0.25) is 0 Å². The minimum Gasteiger partial charge on any atom is -0.468 e. The van der Waals surface area contributed by atoms with E-state index in [4.69, 9.17) is 10.2 Å². The molecule has 8 heteroatoms. The van der Waals surface area contributed by atoms with Gasteiger partial charge in [-0.05, 0) is 25.1 Å². The predicted molar refractivity (Wildman–Crippen MR) is 89.9 cm³/mol. The topological polar surface area (TPSA) is 114 Å². The van der Waals surface area contributed by atoms with E-state index in [2.05, 4.69) is 4.98 Å². The standard InChI is InChI=1S/C16H22N4O4/c1-10(2)7-20-14(17)13(15(22)18-16(20)23)12(21)9-19(3)8-11-5-4-6-24-11/h4-6,10H,7-9,17H2,1-3H3,(H,18,22,23). The third-order valence-corrected chi connectivity index (χ3v) is 3.49. The lowest BCUT2D eigenvalue weighted by Gasteiger charge is -2.17. The number of carbonyl (C=O) groups excluding carboxylic acids is 1. The maximum absolute atomic E-state index is 12.5. The van der Waals surface area contributed by atoms with E-state index >= 15 is 0 Å². The Morgan fingerprint density at radius 3 is 2.71 bits per heavy atom. The second-order valence-corrected chi connectivity index (χ2v) is 6.20. The van der Waals surface area contributed by atoms with Crippen molar-refractivity contribution < 1.29 is 9.21 Å². The lowest BCUT2D eigenvalue weighted by molar-refractivity contribution is 0.0938. The molecule has 8 nitrogen and oxygen atoms in total. The highest BCUT2D eigenvalue weighted by Gasteiger charge is 2.21. The minimum atomic E-state index is -0.756. The molecule has 2 heterocycles. The highest BCUT2D eigenvalue weighted by Crippen LogP contribution is 2.10. The maximum Gasteiger partial charge on any atom is 0.329 e. The molecule has 130 valence electrons. The van der Waals surface area contributed by atoms with Crippen molar-refractivity contribution in [2.75, 3.05) is 19.3 Å². The Labute approximate surface area is 138 Å². The summed E-state index contributed by atoms with van der Waals surface area (Å²) in [5.74, 6) is 0.312. The molecule has 0 amide bonds. The monoisotopic (exact) mass is 334 g/mol. The fraction of sp³-hybridized carbons (Fsp3) is 0.438. The molecular weight excluding hydrogens is 312 g/mol. The number of H-pyrrole nitrogens is 1. The summed E-state index contributed by atoms with van der Waals surface area (Å²) >= 11 is 0. The molecule has 0 aliphatic carbocycles. The second-order valence-electron chi connectivity index (χ2n) is 6.20. The average molecular weight is 334 g/mol. The van der Waals surface area contributed by atoms with Crippen LogP contribution in [0.5, 0.6) is 0 Å². The molecule has 0 spiro atoms. The van der Waals surface area contributed by atoms with Gasteiger partial charge in [-0.1, -0.05) is 13.8 Å². The van der Waals surface area contributed by atoms with E-state index in [1.165, 1.54) is 4.57 Å². The molecule has 0 saturated carbocycles. The summed E-state index contributed by atoms with van der Waals surface area (Å²) in [4.78, 5) is 40.3. The number of furan rings is 1. The Morgan fingerprint density at radius 2 is 2.12 bits per heavy atom. The zero-order valence-corrected chi connectivity index (χ0v) is 14.0. The van der Waals surface area contributed by atoms with Gasteiger partial charge in [0.25, 0.3) is 5.56 Å². The van der Waals surface area contributed by atoms with Crippen molar-refractivity contribution in [2.24, 2.45) is 5.92 Å². The van der Waals surface area contributed by atoms with Crippen molar-refractivity contribution in [3.05, 3.63) is 50.6 Å². The van der Waals surface area contributed by atoms with Crippen LogP contribution in [0.1, 0.15) is 30.0 Å². The van der Waals surface area contributed by atoms with E-state index in [9.17, 15) is 14.4 Å². The number of aromatic amines is 1. The van der Waals surface area contributed by atoms with E-state index in [-0.39, 0.29) is 23.8 Å². The molecule has 0 unspecified atom stereocenters. The number of Topliss-reactive ketones (excluding diaryl/α,β-unsaturated/α-hetero) is 1. The van der Waals surface area contributed by atoms with Gasteiger partial charge in [0.2, 0.25) is 0 Å². The minimum absolute atomic E-state index is 0.0200. The number of likely N-dealkylation sites (N-methyl/N-ethyl adjacent to an activating group) is 1. The lowest BCUT2D eigenvalue weighted by atomic mass is 10.1. The first-order valence-corrected chi connectivity index (χ1v) is 7.66. The molecule has 0 aliphatic heterocycles. The predicted octanol–water partition coefficient (Wildman–Crippen LogP) is 0.682. The number of aromatic nitrogens is 2. The third kappa shape index (κ3) is 4.02. The average Bonchev–Trinajstić information content (AvgIpc) is 2.95. The van der Waals surface area contributed by atoms with E-state index < -0.39 is 17.0 Å². The first-order chi connectivity index (χ1) is 11.3. The largest absolute Gasteiger partial charge is 0.468 e. The fourth-order valence-corrected chi connectivity index (χ4v) is 2.45. The zero-order chi connectivity index (χ0) is 17.9. The first kappa shape index (κ1) is 17.7. The number of hydrogen-bond donors (Lipinski definition) is 2. The molecule has 24 heavy (non-hydrogen) atoms. The van der Waals surface area contributed by atoms with E-state index in [1.54, 1.807) is 30.3 Å². The number of anilines is 1. The molecule has 3 N–H and O–H groups in total. The molecule has 0 fully saturated rings. The quantitative estimate of drug-likeness (QED) is 0.720. The van der Waals surface area contributed by atoms with Gasteiger partial charge in [-0.3, -0.25) is 24.0 Å². The number of nitrogen functional groups attached to an aromatic ring is 1. The molecule has 2 aromatic rings. The molecule has 0 radical (unpaired) electrons. The molecule has 0 aromatic carbocycles. The smallest absolute Gasteiger partial charge is 0.329 e. The third-order valence-electron chi connectivity index (χ3n) is 3.49. The van der Waals surface area contributed by atoms with Crippen LogP contribution >= 0.6 is 0 Å². The van der Waals surface area contributed by atoms with Crippen LogP contribution in [0.4, 0.5) is 5.82 Å². The summed E-state index contributed by atoms with van der Waals surface area (Å²) in [5.41, 5.74) is 4.39. The molecule has 0 saturated heterocycles. The van der Waals surface area contributed by atoms with Crippen molar-refractivity contribution >= 4 is 11.6 Å². The number of nitrogens with zero attached hydrogens (tertiary/aromatic N) is 2. The van der Waals surface area contributed by atoms with Gasteiger partial charge in [-0.2, -0.15) is 0 Å².